The number of aliphatic carboxylic acids is 1. The first-order valence-electron chi connectivity index (χ1n) is 6.78. The minimum atomic E-state index is -1.01. The number of nitrogens with zero attached hydrogens (tertiary/aromatic N) is 2. The summed E-state index contributed by atoms with van der Waals surface area (Å²) in [4.78, 5) is 15.2. The van der Waals surface area contributed by atoms with Crippen LogP contribution in [0.3, 0.4) is 0 Å². The van der Waals surface area contributed by atoms with E-state index in [-0.39, 0.29) is 0 Å². The minimum absolute atomic E-state index is 0.524. The minimum Gasteiger partial charge on any atom is -0.478 e. The molecule has 0 saturated carbocycles. The van der Waals surface area contributed by atoms with Gasteiger partial charge < -0.3 is 5.11 Å². The van der Waals surface area contributed by atoms with Crippen molar-refractivity contribution < 1.29 is 9.90 Å². The summed E-state index contributed by atoms with van der Waals surface area (Å²) in [5, 5.41) is 9.28. The maximum Gasteiger partial charge on any atom is 0.328 e. The van der Waals surface area contributed by atoms with Crippen molar-refractivity contribution in [3.8, 4) is 0 Å². The molecule has 2 rings (SSSR count). The Kier molecular flexibility index (Phi) is 6.20. The zero-order chi connectivity index (χ0) is 16.7. The summed E-state index contributed by atoms with van der Waals surface area (Å²) < 4.78 is 1.85. The van der Waals surface area contributed by atoms with Crippen LogP contribution >= 0.6 is 23.2 Å². The maximum atomic E-state index is 10.7. The summed E-state index contributed by atoms with van der Waals surface area (Å²) in [5.41, 5.74) is 3.12. The van der Waals surface area contributed by atoms with Crippen molar-refractivity contribution in [1.82, 2.24) is 9.38 Å². The van der Waals surface area contributed by atoms with Gasteiger partial charge in [-0.2, -0.15) is 0 Å². The third kappa shape index (κ3) is 4.84. The van der Waals surface area contributed by atoms with Gasteiger partial charge in [0.1, 0.15) is 5.82 Å². The Morgan fingerprint density at radius 1 is 1.35 bits per heavy atom. The zero-order valence-corrected chi connectivity index (χ0v) is 13.6. The number of carbonyl (C=O) groups is 1. The highest BCUT2D eigenvalue weighted by Gasteiger charge is 2.07. The summed E-state index contributed by atoms with van der Waals surface area (Å²) in [7, 11) is 0. The molecule has 2 aromatic rings. The molecular formula is C17H14Cl2N2O2. The lowest BCUT2D eigenvalue weighted by molar-refractivity contribution is -0.131. The van der Waals surface area contributed by atoms with Crippen LogP contribution in [0.4, 0.5) is 0 Å². The van der Waals surface area contributed by atoms with Crippen molar-refractivity contribution in [2.45, 2.75) is 6.42 Å². The smallest absolute Gasteiger partial charge is 0.328 e. The molecule has 1 N–H and O–H groups in total. The van der Waals surface area contributed by atoms with E-state index in [9.17, 15) is 4.79 Å². The second-order valence-electron chi connectivity index (χ2n) is 4.52. The Bertz CT molecular complexity index is 817. The number of carboxylic acid groups (broad SMARTS) is 1. The topological polar surface area (TPSA) is 54.6 Å². The second-order valence-corrected chi connectivity index (χ2v) is 5.21. The molecule has 0 amide bonds. The van der Waals surface area contributed by atoms with Crippen LogP contribution in [-0.2, 0) is 11.2 Å². The number of hydrogen-bond acceptors (Lipinski definition) is 2. The third-order valence-electron chi connectivity index (χ3n) is 2.95. The Labute approximate surface area is 143 Å². The summed E-state index contributed by atoms with van der Waals surface area (Å²) in [6, 6.07) is 5.72. The quantitative estimate of drug-likeness (QED) is 0.621. The van der Waals surface area contributed by atoms with Crippen molar-refractivity contribution in [3.05, 3.63) is 76.9 Å². The Hall–Kier alpha value is -2.30. The molecule has 0 aliphatic rings. The molecule has 6 heteroatoms. The van der Waals surface area contributed by atoms with E-state index < -0.39 is 5.97 Å². The van der Waals surface area contributed by atoms with Gasteiger partial charge in [-0.05, 0) is 30.4 Å². The highest BCUT2D eigenvalue weighted by Crippen LogP contribution is 2.15. The third-order valence-corrected chi connectivity index (χ3v) is 3.33. The van der Waals surface area contributed by atoms with E-state index in [4.69, 9.17) is 28.3 Å². The van der Waals surface area contributed by atoms with Crippen molar-refractivity contribution in [1.29, 1.82) is 0 Å². The predicted octanol–water partition coefficient (Wildman–Crippen LogP) is 4.41. The van der Waals surface area contributed by atoms with Gasteiger partial charge in [0.25, 0.3) is 0 Å². The van der Waals surface area contributed by atoms with Crippen LogP contribution in [0.2, 0.25) is 0 Å². The predicted molar refractivity (Wildman–Crippen MR) is 93.6 cm³/mol. The average molecular weight is 349 g/mol. The normalized spacial score (nSPS) is 13.0. The van der Waals surface area contributed by atoms with Crippen LogP contribution in [-0.4, -0.2) is 20.5 Å². The standard InChI is InChI=1S/C17H14Cl2N2O2/c18-11-10-13(19)5-1-2-6-14-15-7-3-4-12-21(15)16(20-14)8-9-17(22)23/h1-5,7-12H,6H2,(H,22,23)/b2-1+,9-8+,11-10+,13-5+. The van der Waals surface area contributed by atoms with Gasteiger partial charge in [-0.1, -0.05) is 41.4 Å². The van der Waals surface area contributed by atoms with Crippen LogP contribution in [0.1, 0.15) is 11.5 Å². The van der Waals surface area contributed by atoms with Crippen LogP contribution in [0, 0.1) is 0 Å². The van der Waals surface area contributed by atoms with Crippen molar-refractivity contribution in [2.75, 3.05) is 0 Å². The Morgan fingerprint density at radius 3 is 2.91 bits per heavy atom. The number of halogens is 2. The highest BCUT2D eigenvalue weighted by molar-refractivity contribution is 6.33. The van der Waals surface area contributed by atoms with Gasteiger partial charge >= 0.3 is 5.97 Å². The second kappa shape index (κ2) is 8.36. The Balaban J connectivity index is 2.26. The summed E-state index contributed by atoms with van der Waals surface area (Å²) in [6.45, 7) is 0. The van der Waals surface area contributed by atoms with Crippen LogP contribution in [0.15, 0.2) is 65.3 Å². The number of hydrogen-bond donors (Lipinski definition) is 1. The molecule has 0 bridgehead atoms. The molecule has 0 aromatic carbocycles. The van der Waals surface area contributed by atoms with Gasteiger partial charge in [0.15, 0.2) is 0 Å². The molecule has 0 aliphatic carbocycles. The fraction of sp³-hybridized carbons (Fsp3) is 0.0588. The van der Waals surface area contributed by atoms with Gasteiger partial charge in [0.2, 0.25) is 0 Å². The van der Waals surface area contributed by atoms with E-state index in [2.05, 4.69) is 4.98 Å². The number of fused-ring (bicyclic) bond motifs is 1. The molecule has 2 aromatic heterocycles. The largest absolute Gasteiger partial charge is 0.478 e. The molecule has 0 aliphatic heterocycles. The van der Waals surface area contributed by atoms with Gasteiger partial charge in [-0.15, -0.1) is 0 Å². The molecule has 0 fully saturated rings. The van der Waals surface area contributed by atoms with Crippen molar-refractivity contribution in [3.63, 3.8) is 0 Å². The lowest BCUT2D eigenvalue weighted by Crippen LogP contribution is -1.89. The lowest BCUT2D eigenvalue weighted by Gasteiger charge is -1.95. The molecule has 23 heavy (non-hydrogen) atoms. The first-order valence-corrected chi connectivity index (χ1v) is 7.59. The van der Waals surface area contributed by atoms with Gasteiger partial charge in [0, 0.05) is 29.3 Å². The van der Waals surface area contributed by atoms with Gasteiger partial charge in [-0.25, -0.2) is 9.78 Å². The number of rotatable bonds is 6. The summed E-state index contributed by atoms with van der Waals surface area (Å²) in [5.74, 6) is -0.434. The molecule has 4 nitrogen and oxygen atoms in total. The average Bonchev–Trinajstić information content (AvgIpc) is 2.88. The molecule has 0 unspecified atom stereocenters. The van der Waals surface area contributed by atoms with E-state index in [1.165, 1.54) is 11.6 Å². The van der Waals surface area contributed by atoms with Crippen LogP contribution in [0.5, 0.6) is 0 Å². The fourth-order valence-corrected chi connectivity index (χ4v) is 2.33. The summed E-state index contributed by atoms with van der Waals surface area (Å²) >= 11 is 11.3. The first-order chi connectivity index (χ1) is 11.1. The SMILES string of the molecule is O=C(O)/C=C/c1nc(C/C=C/C=C(Cl)\C=C\Cl)c2ccccn12. The van der Waals surface area contributed by atoms with E-state index >= 15 is 0 Å². The fourth-order valence-electron chi connectivity index (χ4n) is 2.00. The number of allylic oxidation sites excluding steroid dienone is 5. The van der Waals surface area contributed by atoms with Gasteiger partial charge in [-0.3, -0.25) is 4.40 Å². The van der Waals surface area contributed by atoms with E-state index in [1.807, 2.05) is 40.9 Å². The van der Waals surface area contributed by atoms with E-state index in [1.54, 1.807) is 12.2 Å². The lowest BCUT2D eigenvalue weighted by atomic mass is 10.2. The van der Waals surface area contributed by atoms with Crippen molar-refractivity contribution in [2.24, 2.45) is 0 Å². The van der Waals surface area contributed by atoms with E-state index in [0.717, 1.165) is 17.3 Å². The van der Waals surface area contributed by atoms with Gasteiger partial charge in [0.05, 0.1) is 11.2 Å². The molecule has 118 valence electrons. The number of imidazole rings is 1. The van der Waals surface area contributed by atoms with Crippen LogP contribution in [0.25, 0.3) is 11.6 Å². The summed E-state index contributed by atoms with van der Waals surface area (Å²) in [6.07, 6.45) is 12.0. The zero-order valence-electron chi connectivity index (χ0n) is 12.1. The molecule has 0 atom stereocenters. The Morgan fingerprint density at radius 2 is 2.17 bits per heavy atom. The van der Waals surface area contributed by atoms with Crippen molar-refractivity contribution >= 4 is 40.8 Å². The molecule has 0 saturated heterocycles. The monoisotopic (exact) mass is 348 g/mol. The number of carboxylic acids is 1. The maximum absolute atomic E-state index is 10.7. The molecule has 0 spiro atoms. The molecule has 0 radical (unpaired) electrons. The highest BCUT2D eigenvalue weighted by atomic mass is 35.5. The van der Waals surface area contributed by atoms with Crippen LogP contribution < -0.4 is 0 Å². The van der Waals surface area contributed by atoms with E-state index in [0.29, 0.717) is 17.3 Å². The molecular weight excluding hydrogens is 335 g/mol. The number of pyridine rings is 1. The number of aromatic nitrogens is 2. The molecule has 2 heterocycles. The first kappa shape index (κ1) is 17.1.